The number of ether oxygens (including phenoxy) is 1. The first-order valence-electron chi connectivity index (χ1n) is 5.75. The van der Waals surface area contributed by atoms with Crippen molar-refractivity contribution in [1.29, 1.82) is 0 Å². The Balaban J connectivity index is 2.61. The summed E-state index contributed by atoms with van der Waals surface area (Å²) in [6.45, 7) is 6.41. The van der Waals surface area contributed by atoms with Crippen molar-refractivity contribution in [3.63, 3.8) is 0 Å². The van der Waals surface area contributed by atoms with Gasteiger partial charge in [0.25, 0.3) is 0 Å². The number of hydrogen-bond donors (Lipinski definition) is 0. The fourth-order valence-corrected chi connectivity index (χ4v) is 2.13. The van der Waals surface area contributed by atoms with Crippen LogP contribution in [0.25, 0.3) is 0 Å². The normalized spacial score (nSPS) is 26.8. The summed E-state index contributed by atoms with van der Waals surface area (Å²) in [4.78, 5) is 23.1. The zero-order valence-corrected chi connectivity index (χ0v) is 9.79. The molecular weight excluding hydrogens is 192 g/mol. The molecule has 0 saturated heterocycles. The van der Waals surface area contributed by atoms with E-state index >= 15 is 0 Å². The van der Waals surface area contributed by atoms with E-state index in [9.17, 15) is 9.59 Å². The minimum Gasteiger partial charge on any atom is -0.465 e. The molecular formula is C12H20O3. The van der Waals surface area contributed by atoms with Gasteiger partial charge in [0.1, 0.15) is 11.7 Å². The number of rotatable bonds is 3. The molecule has 1 aliphatic rings. The van der Waals surface area contributed by atoms with Crippen molar-refractivity contribution in [3.05, 3.63) is 0 Å². The largest absolute Gasteiger partial charge is 0.465 e. The summed E-state index contributed by atoms with van der Waals surface area (Å²) >= 11 is 0. The lowest BCUT2D eigenvalue weighted by Gasteiger charge is -2.29. The molecule has 15 heavy (non-hydrogen) atoms. The number of esters is 1. The van der Waals surface area contributed by atoms with E-state index in [1.165, 1.54) is 0 Å². The lowest BCUT2D eigenvalue weighted by atomic mass is 9.75. The fraction of sp³-hybridized carbons (Fsp3) is 0.833. The lowest BCUT2D eigenvalue weighted by Crippen LogP contribution is -2.34. The highest BCUT2D eigenvalue weighted by Gasteiger charge is 2.35. The molecule has 0 spiro atoms. The van der Waals surface area contributed by atoms with E-state index in [0.29, 0.717) is 31.3 Å². The van der Waals surface area contributed by atoms with Crippen molar-refractivity contribution in [3.8, 4) is 0 Å². The van der Waals surface area contributed by atoms with Crippen molar-refractivity contribution in [1.82, 2.24) is 0 Å². The number of carbonyl (C=O) groups is 2. The van der Waals surface area contributed by atoms with Gasteiger partial charge in [-0.2, -0.15) is 0 Å². The third-order valence-electron chi connectivity index (χ3n) is 3.20. The Kier molecular flexibility index (Phi) is 4.30. The topological polar surface area (TPSA) is 43.4 Å². The first-order valence-corrected chi connectivity index (χ1v) is 5.75. The number of carbonyl (C=O) groups excluding carboxylic acids is 2. The number of Topliss-reactive ketones (excluding diaryl/α,β-unsaturated/α-hetero) is 1. The summed E-state index contributed by atoms with van der Waals surface area (Å²) in [5, 5.41) is 0. The molecule has 1 fully saturated rings. The van der Waals surface area contributed by atoms with Crippen LogP contribution in [0.1, 0.15) is 40.0 Å². The van der Waals surface area contributed by atoms with Crippen molar-refractivity contribution in [2.24, 2.45) is 17.8 Å². The minimum atomic E-state index is -0.494. The van der Waals surface area contributed by atoms with Crippen LogP contribution in [-0.2, 0) is 14.3 Å². The van der Waals surface area contributed by atoms with Gasteiger partial charge in [0.05, 0.1) is 6.61 Å². The molecule has 0 amide bonds. The van der Waals surface area contributed by atoms with Crippen molar-refractivity contribution < 1.29 is 14.3 Å². The smallest absolute Gasteiger partial charge is 0.316 e. The standard InChI is InChI=1S/C12H20O3/c1-4-15-12(14)10-7-9(8(2)3)5-6-11(10)13/h8-10H,4-7H2,1-3H3/t9-,10-/m1/s1. The third-order valence-corrected chi connectivity index (χ3v) is 3.20. The fourth-order valence-electron chi connectivity index (χ4n) is 2.13. The molecule has 0 bridgehead atoms. The average Bonchev–Trinajstić information content (AvgIpc) is 2.18. The van der Waals surface area contributed by atoms with E-state index in [4.69, 9.17) is 4.74 Å². The van der Waals surface area contributed by atoms with Gasteiger partial charge in [-0.1, -0.05) is 13.8 Å². The molecule has 86 valence electrons. The summed E-state index contributed by atoms with van der Waals surface area (Å²) in [5.41, 5.74) is 0. The SMILES string of the molecule is CCOC(=O)[C@@H]1C[C@H](C(C)C)CCC1=O. The van der Waals surface area contributed by atoms with Gasteiger partial charge in [0.15, 0.2) is 0 Å². The monoisotopic (exact) mass is 212 g/mol. The van der Waals surface area contributed by atoms with Gasteiger partial charge in [-0.3, -0.25) is 9.59 Å². The average molecular weight is 212 g/mol. The van der Waals surface area contributed by atoms with Crippen LogP contribution in [0.2, 0.25) is 0 Å². The Morgan fingerprint density at radius 3 is 2.73 bits per heavy atom. The van der Waals surface area contributed by atoms with Gasteiger partial charge in [-0.05, 0) is 31.6 Å². The van der Waals surface area contributed by atoms with Crippen molar-refractivity contribution >= 4 is 11.8 Å². The summed E-state index contributed by atoms with van der Waals surface area (Å²) in [5.74, 6) is 0.261. The van der Waals surface area contributed by atoms with Crippen molar-refractivity contribution in [2.75, 3.05) is 6.61 Å². The second-order valence-electron chi connectivity index (χ2n) is 4.55. The lowest BCUT2D eigenvalue weighted by molar-refractivity contribution is -0.153. The van der Waals surface area contributed by atoms with Crippen LogP contribution in [0.15, 0.2) is 0 Å². The highest BCUT2D eigenvalue weighted by atomic mass is 16.5. The van der Waals surface area contributed by atoms with Gasteiger partial charge in [0, 0.05) is 6.42 Å². The molecule has 1 rings (SSSR count). The summed E-state index contributed by atoms with van der Waals surface area (Å²) in [7, 11) is 0. The molecule has 0 unspecified atom stereocenters. The molecule has 1 aliphatic carbocycles. The highest BCUT2D eigenvalue weighted by molar-refractivity contribution is 5.99. The summed E-state index contributed by atoms with van der Waals surface area (Å²) in [6, 6.07) is 0. The molecule has 3 nitrogen and oxygen atoms in total. The Labute approximate surface area is 91.2 Å². The van der Waals surface area contributed by atoms with E-state index in [0.717, 1.165) is 6.42 Å². The van der Waals surface area contributed by atoms with Gasteiger partial charge in [-0.15, -0.1) is 0 Å². The zero-order chi connectivity index (χ0) is 11.4. The Morgan fingerprint density at radius 1 is 1.53 bits per heavy atom. The molecule has 0 aromatic carbocycles. The van der Waals surface area contributed by atoms with Gasteiger partial charge in [0.2, 0.25) is 0 Å². The predicted octanol–water partition coefficient (Wildman–Crippen LogP) is 2.19. The van der Waals surface area contributed by atoms with Crippen LogP contribution in [0.5, 0.6) is 0 Å². The molecule has 0 aliphatic heterocycles. The molecule has 1 saturated carbocycles. The summed E-state index contributed by atoms with van der Waals surface area (Å²) in [6.07, 6.45) is 2.13. The molecule has 0 heterocycles. The maximum Gasteiger partial charge on any atom is 0.316 e. The van der Waals surface area contributed by atoms with Crippen LogP contribution in [-0.4, -0.2) is 18.4 Å². The predicted molar refractivity (Wildman–Crippen MR) is 57.3 cm³/mol. The molecule has 0 aromatic rings. The van der Waals surface area contributed by atoms with Crippen LogP contribution in [0, 0.1) is 17.8 Å². The van der Waals surface area contributed by atoms with Crippen LogP contribution < -0.4 is 0 Å². The van der Waals surface area contributed by atoms with Crippen LogP contribution in [0.3, 0.4) is 0 Å². The van der Waals surface area contributed by atoms with E-state index in [2.05, 4.69) is 13.8 Å². The second kappa shape index (κ2) is 5.29. The number of hydrogen-bond acceptors (Lipinski definition) is 3. The maximum atomic E-state index is 11.6. The molecule has 0 aromatic heterocycles. The Bertz CT molecular complexity index is 245. The van der Waals surface area contributed by atoms with Crippen molar-refractivity contribution in [2.45, 2.75) is 40.0 Å². The van der Waals surface area contributed by atoms with E-state index < -0.39 is 5.92 Å². The van der Waals surface area contributed by atoms with Crippen LogP contribution in [0.4, 0.5) is 0 Å². The quantitative estimate of drug-likeness (QED) is 0.532. The third kappa shape index (κ3) is 3.05. The Morgan fingerprint density at radius 2 is 2.20 bits per heavy atom. The molecule has 2 atom stereocenters. The van der Waals surface area contributed by atoms with Gasteiger partial charge >= 0.3 is 5.97 Å². The molecule has 0 N–H and O–H groups in total. The van der Waals surface area contributed by atoms with E-state index in [1.54, 1.807) is 6.92 Å². The van der Waals surface area contributed by atoms with E-state index in [1.807, 2.05) is 0 Å². The minimum absolute atomic E-state index is 0.0605. The summed E-state index contributed by atoms with van der Waals surface area (Å²) < 4.78 is 4.92. The molecule has 3 heteroatoms. The van der Waals surface area contributed by atoms with E-state index in [-0.39, 0.29) is 11.8 Å². The number of ketones is 1. The van der Waals surface area contributed by atoms with Gasteiger partial charge < -0.3 is 4.74 Å². The van der Waals surface area contributed by atoms with Gasteiger partial charge in [-0.25, -0.2) is 0 Å². The second-order valence-corrected chi connectivity index (χ2v) is 4.55. The first-order chi connectivity index (χ1) is 7.06. The zero-order valence-electron chi connectivity index (χ0n) is 9.79. The highest BCUT2D eigenvalue weighted by Crippen LogP contribution is 2.32. The first kappa shape index (κ1) is 12.2. The Hall–Kier alpha value is -0.860. The van der Waals surface area contributed by atoms with Crippen LogP contribution >= 0.6 is 0 Å². The maximum absolute atomic E-state index is 11.6. The molecule has 0 radical (unpaired) electrons.